The SMILES string of the molecule is CC(C)(C)N1CCN(CC(O)C(F)(F)F)CC1. The molecule has 1 aliphatic rings. The van der Waals surface area contributed by atoms with E-state index in [2.05, 4.69) is 25.7 Å². The van der Waals surface area contributed by atoms with E-state index in [0.717, 1.165) is 13.1 Å². The van der Waals surface area contributed by atoms with Gasteiger partial charge in [0.15, 0.2) is 6.10 Å². The molecule has 1 rings (SSSR count). The fraction of sp³-hybridized carbons (Fsp3) is 1.00. The van der Waals surface area contributed by atoms with Gasteiger partial charge in [-0.2, -0.15) is 13.2 Å². The number of alkyl halides is 3. The van der Waals surface area contributed by atoms with Gasteiger partial charge in [-0.1, -0.05) is 0 Å². The topological polar surface area (TPSA) is 26.7 Å². The lowest BCUT2D eigenvalue weighted by Crippen LogP contribution is -2.55. The Kier molecular flexibility index (Phi) is 4.43. The normalized spacial score (nSPS) is 22.8. The molecule has 0 bridgehead atoms. The van der Waals surface area contributed by atoms with E-state index < -0.39 is 12.3 Å². The summed E-state index contributed by atoms with van der Waals surface area (Å²) in [5.41, 5.74) is 0.0503. The molecule has 1 heterocycles. The highest BCUT2D eigenvalue weighted by Crippen LogP contribution is 2.22. The molecule has 17 heavy (non-hydrogen) atoms. The molecule has 3 nitrogen and oxygen atoms in total. The van der Waals surface area contributed by atoms with Crippen LogP contribution in [0.1, 0.15) is 20.8 Å². The number of halogens is 3. The van der Waals surface area contributed by atoms with E-state index in [0.29, 0.717) is 13.1 Å². The van der Waals surface area contributed by atoms with Crippen LogP contribution in [0.15, 0.2) is 0 Å². The van der Waals surface area contributed by atoms with E-state index in [4.69, 9.17) is 5.11 Å². The van der Waals surface area contributed by atoms with Crippen molar-refractivity contribution in [3.8, 4) is 0 Å². The second-order valence-corrected chi connectivity index (χ2v) is 5.52. The molecular formula is C11H21F3N2O. The van der Waals surface area contributed by atoms with Crippen LogP contribution in [0.3, 0.4) is 0 Å². The van der Waals surface area contributed by atoms with Crippen LogP contribution in [0.5, 0.6) is 0 Å². The Labute approximate surface area is 100 Å². The summed E-state index contributed by atoms with van der Waals surface area (Å²) in [4.78, 5) is 3.91. The molecule has 0 aromatic rings. The number of rotatable bonds is 2. The standard InChI is InChI=1S/C11H21F3N2O/c1-10(2,3)16-6-4-15(5-7-16)8-9(17)11(12,13)14/h9,17H,4-8H2,1-3H3. The summed E-state index contributed by atoms with van der Waals surface area (Å²) in [5.74, 6) is 0. The van der Waals surface area contributed by atoms with Gasteiger partial charge in [0.2, 0.25) is 0 Å². The molecule has 1 atom stereocenters. The molecular weight excluding hydrogens is 233 g/mol. The molecule has 0 aromatic carbocycles. The molecule has 0 saturated carbocycles. The first-order chi connectivity index (χ1) is 7.60. The van der Waals surface area contributed by atoms with Crippen LogP contribution in [0.2, 0.25) is 0 Å². The van der Waals surface area contributed by atoms with Crippen molar-refractivity contribution < 1.29 is 18.3 Å². The monoisotopic (exact) mass is 254 g/mol. The van der Waals surface area contributed by atoms with Gasteiger partial charge in [-0.05, 0) is 20.8 Å². The smallest absolute Gasteiger partial charge is 0.382 e. The highest BCUT2D eigenvalue weighted by atomic mass is 19.4. The second-order valence-electron chi connectivity index (χ2n) is 5.52. The molecule has 1 aliphatic heterocycles. The van der Waals surface area contributed by atoms with E-state index >= 15 is 0 Å². The Morgan fingerprint density at radius 3 is 1.88 bits per heavy atom. The van der Waals surface area contributed by atoms with E-state index in [9.17, 15) is 13.2 Å². The van der Waals surface area contributed by atoms with Crippen molar-refractivity contribution >= 4 is 0 Å². The summed E-state index contributed by atoms with van der Waals surface area (Å²) < 4.78 is 36.5. The summed E-state index contributed by atoms with van der Waals surface area (Å²) in [6, 6.07) is 0. The summed E-state index contributed by atoms with van der Waals surface area (Å²) in [6.07, 6.45) is -6.75. The van der Waals surface area contributed by atoms with Crippen molar-refractivity contribution in [3.63, 3.8) is 0 Å². The predicted octanol–water partition coefficient (Wildman–Crippen LogP) is 1.33. The first-order valence-corrected chi connectivity index (χ1v) is 5.83. The van der Waals surface area contributed by atoms with Gasteiger partial charge in [0.1, 0.15) is 0 Å². The average Bonchev–Trinajstić information content (AvgIpc) is 2.15. The van der Waals surface area contributed by atoms with Gasteiger partial charge >= 0.3 is 6.18 Å². The molecule has 102 valence electrons. The maximum absolute atomic E-state index is 12.2. The highest BCUT2D eigenvalue weighted by Gasteiger charge is 2.39. The first-order valence-electron chi connectivity index (χ1n) is 5.83. The zero-order valence-corrected chi connectivity index (χ0v) is 10.6. The Morgan fingerprint density at radius 2 is 1.53 bits per heavy atom. The Morgan fingerprint density at radius 1 is 1.06 bits per heavy atom. The number of nitrogens with zero attached hydrogens (tertiary/aromatic N) is 2. The number of aliphatic hydroxyl groups excluding tert-OH is 1. The predicted molar refractivity (Wildman–Crippen MR) is 59.8 cm³/mol. The van der Waals surface area contributed by atoms with Crippen LogP contribution in [0.4, 0.5) is 13.2 Å². The third kappa shape index (κ3) is 4.44. The van der Waals surface area contributed by atoms with Crippen molar-refractivity contribution in [2.24, 2.45) is 0 Å². The van der Waals surface area contributed by atoms with Crippen molar-refractivity contribution in [2.45, 2.75) is 38.6 Å². The van der Waals surface area contributed by atoms with Crippen LogP contribution >= 0.6 is 0 Å². The van der Waals surface area contributed by atoms with Crippen LogP contribution < -0.4 is 0 Å². The maximum atomic E-state index is 12.2. The minimum Gasteiger partial charge on any atom is -0.382 e. The van der Waals surface area contributed by atoms with E-state index in [-0.39, 0.29) is 12.1 Å². The number of hydrogen-bond acceptors (Lipinski definition) is 3. The lowest BCUT2D eigenvalue weighted by Gasteiger charge is -2.42. The fourth-order valence-electron chi connectivity index (χ4n) is 1.95. The Balaban J connectivity index is 2.38. The summed E-state index contributed by atoms with van der Waals surface area (Å²) >= 11 is 0. The van der Waals surface area contributed by atoms with Crippen molar-refractivity contribution in [3.05, 3.63) is 0 Å². The summed E-state index contributed by atoms with van der Waals surface area (Å²) in [7, 11) is 0. The van der Waals surface area contributed by atoms with Gasteiger partial charge in [-0.3, -0.25) is 9.80 Å². The van der Waals surface area contributed by atoms with Gasteiger partial charge in [-0.15, -0.1) is 0 Å². The van der Waals surface area contributed by atoms with Crippen LogP contribution in [0.25, 0.3) is 0 Å². The third-order valence-corrected chi connectivity index (χ3v) is 3.13. The molecule has 0 aliphatic carbocycles. The molecule has 6 heteroatoms. The van der Waals surface area contributed by atoms with Gasteiger partial charge < -0.3 is 5.11 Å². The number of aliphatic hydroxyl groups is 1. The maximum Gasteiger partial charge on any atom is 0.415 e. The van der Waals surface area contributed by atoms with Crippen LogP contribution in [-0.2, 0) is 0 Å². The molecule has 1 saturated heterocycles. The zero-order chi connectivity index (χ0) is 13.3. The Hall–Kier alpha value is -0.330. The molecule has 0 amide bonds. The summed E-state index contributed by atoms with van der Waals surface area (Å²) in [5, 5.41) is 8.98. The van der Waals surface area contributed by atoms with Crippen molar-refractivity contribution in [1.29, 1.82) is 0 Å². The number of piperazine rings is 1. The number of hydrogen-bond donors (Lipinski definition) is 1. The van der Waals surface area contributed by atoms with Crippen molar-refractivity contribution in [2.75, 3.05) is 32.7 Å². The lowest BCUT2D eigenvalue weighted by molar-refractivity contribution is -0.209. The molecule has 1 fully saturated rings. The zero-order valence-electron chi connectivity index (χ0n) is 10.6. The minimum absolute atomic E-state index is 0.0503. The lowest BCUT2D eigenvalue weighted by atomic mass is 10.0. The van der Waals surface area contributed by atoms with Crippen LogP contribution in [-0.4, -0.2) is 65.4 Å². The molecule has 1 N–H and O–H groups in total. The quantitative estimate of drug-likeness (QED) is 0.805. The van der Waals surface area contributed by atoms with E-state index in [1.165, 1.54) is 0 Å². The highest BCUT2D eigenvalue weighted by molar-refractivity contribution is 4.83. The molecule has 0 spiro atoms. The van der Waals surface area contributed by atoms with Crippen molar-refractivity contribution in [1.82, 2.24) is 9.80 Å². The Bertz CT molecular complexity index is 242. The van der Waals surface area contributed by atoms with Gasteiger partial charge in [0.25, 0.3) is 0 Å². The largest absolute Gasteiger partial charge is 0.415 e. The van der Waals surface area contributed by atoms with E-state index in [1.807, 2.05) is 0 Å². The molecule has 1 unspecified atom stereocenters. The van der Waals surface area contributed by atoms with Gasteiger partial charge in [0, 0.05) is 38.3 Å². The third-order valence-electron chi connectivity index (χ3n) is 3.13. The first kappa shape index (κ1) is 14.7. The fourth-order valence-corrected chi connectivity index (χ4v) is 1.95. The number of β-amino-alcohol motifs (C(OH)–C–C–N with tert-alkyl or cyclic N) is 1. The molecule has 0 aromatic heterocycles. The second kappa shape index (κ2) is 5.12. The molecule has 0 radical (unpaired) electrons. The van der Waals surface area contributed by atoms with Gasteiger partial charge in [0.05, 0.1) is 0 Å². The minimum atomic E-state index is -4.51. The van der Waals surface area contributed by atoms with Crippen LogP contribution in [0, 0.1) is 0 Å². The average molecular weight is 254 g/mol. The van der Waals surface area contributed by atoms with Gasteiger partial charge in [-0.25, -0.2) is 0 Å². The van der Waals surface area contributed by atoms with E-state index in [1.54, 1.807) is 4.90 Å². The summed E-state index contributed by atoms with van der Waals surface area (Å²) in [6.45, 7) is 8.59.